The Hall–Kier alpha value is -3.02. The molecule has 0 spiro atoms. The molecule has 0 bridgehead atoms. The zero-order valence-corrected chi connectivity index (χ0v) is 13.4. The van der Waals surface area contributed by atoms with Gasteiger partial charge in [-0.15, -0.1) is 0 Å². The number of carbonyl (C=O) groups excluding carboxylic acids is 1. The van der Waals surface area contributed by atoms with Gasteiger partial charge in [0.2, 0.25) is 5.56 Å². The molecular weight excluding hydrogens is 321 g/mol. The van der Waals surface area contributed by atoms with Crippen LogP contribution in [0.5, 0.6) is 0 Å². The van der Waals surface area contributed by atoms with Crippen LogP contribution < -0.4 is 10.9 Å². The smallest absolute Gasteiger partial charge is 0.254 e. The molecule has 2 heterocycles. The fourth-order valence-corrected chi connectivity index (χ4v) is 3.42. The van der Waals surface area contributed by atoms with E-state index in [0.717, 1.165) is 30.5 Å². The Morgan fingerprint density at radius 2 is 2.16 bits per heavy atom. The van der Waals surface area contributed by atoms with E-state index in [4.69, 9.17) is 0 Å². The average molecular weight is 337 g/mol. The zero-order chi connectivity index (χ0) is 17.4. The maximum atomic E-state index is 13.9. The molecule has 0 saturated carbocycles. The number of nitrogens with zero attached hydrogens (tertiary/aromatic N) is 1. The molecule has 1 amide bonds. The zero-order valence-electron chi connectivity index (χ0n) is 13.4. The topological polar surface area (TPSA) is 74.8 Å². The summed E-state index contributed by atoms with van der Waals surface area (Å²) in [6, 6.07) is 9.00. The van der Waals surface area contributed by atoms with Crippen LogP contribution in [0.15, 0.2) is 47.4 Å². The van der Waals surface area contributed by atoms with Crippen molar-refractivity contribution in [3.8, 4) is 0 Å². The molecule has 1 aliphatic carbocycles. The fourth-order valence-electron chi connectivity index (χ4n) is 3.42. The van der Waals surface area contributed by atoms with Crippen molar-refractivity contribution in [2.24, 2.45) is 0 Å². The molecule has 1 aromatic carbocycles. The van der Waals surface area contributed by atoms with Crippen LogP contribution in [-0.4, -0.2) is 15.9 Å². The van der Waals surface area contributed by atoms with E-state index in [9.17, 15) is 14.0 Å². The Morgan fingerprint density at radius 1 is 1.28 bits per heavy atom. The highest BCUT2D eigenvalue weighted by molar-refractivity contribution is 6.05. The fraction of sp³-hybridized carbons (Fsp3) is 0.211. The Morgan fingerprint density at radius 3 is 3.04 bits per heavy atom. The largest absolute Gasteiger partial charge is 0.345 e. The first-order chi connectivity index (χ1) is 12.1. The van der Waals surface area contributed by atoms with Crippen LogP contribution in [0.4, 0.5) is 4.39 Å². The number of carbonyl (C=O) groups is 1. The van der Waals surface area contributed by atoms with Gasteiger partial charge in [0.05, 0.1) is 17.1 Å². The van der Waals surface area contributed by atoms with Gasteiger partial charge in [0.1, 0.15) is 5.82 Å². The van der Waals surface area contributed by atoms with Crippen molar-refractivity contribution in [1.82, 2.24) is 15.3 Å². The van der Waals surface area contributed by atoms with E-state index < -0.39 is 5.82 Å². The molecule has 6 heteroatoms. The van der Waals surface area contributed by atoms with Crippen molar-refractivity contribution >= 4 is 16.8 Å². The highest BCUT2D eigenvalue weighted by Crippen LogP contribution is 2.28. The van der Waals surface area contributed by atoms with E-state index in [2.05, 4.69) is 15.3 Å². The van der Waals surface area contributed by atoms with Gasteiger partial charge in [0.15, 0.2) is 0 Å². The quantitative estimate of drug-likeness (QED) is 0.755. The normalized spacial score (nSPS) is 16.4. The summed E-state index contributed by atoms with van der Waals surface area (Å²) in [6.07, 6.45) is 3.99. The molecule has 2 aromatic heterocycles. The van der Waals surface area contributed by atoms with Crippen LogP contribution in [0.25, 0.3) is 10.9 Å². The summed E-state index contributed by atoms with van der Waals surface area (Å²) in [5.41, 5.74) is 2.30. The predicted octanol–water partition coefficient (Wildman–Crippen LogP) is 2.87. The third-order valence-electron chi connectivity index (χ3n) is 4.55. The number of benzene rings is 1. The molecule has 25 heavy (non-hydrogen) atoms. The first-order valence-corrected chi connectivity index (χ1v) is 8.19. The standard InChI is InChI=1S/C19H16FN3O2/c20-12-9-11-3-2-8-21-18(11)14(10-12)19(25)23-16-5-1-4-15-13(16)6-7-17(24)22-15/h2-3,6-10,16H,1,4-5H2,(H,22,24)(H,23,25). The van der Waals surface area contributed by atoms with Gasteiger partial charge in [-0.25, -0.2) is 4.39 Å². The summed E-state index contributed by atoms with van der Waals surface area (Å²) >= 11 is 0. The number of halogens is 1. The molecule has 3 aromatic rings. The minimum Gasteiger partial charge on any atom is -0.345 e. The van der Waals surface area contributed by atoms with Crippen molar-refractivity contribution < 1.29 is 9.18 Å². The molecule has 126 valence electrons. The Labute approximate surface area is 142 Å². The summed E-state index contributed by atoms with van der Waals surface area (Å²) in [7, 11) is 0. The van der Waals surface area contributed by atoms with Crippen LogP contribution in [0.3, 0.4) is 0 Å². The second kappa shape index (κ2) is 6.12. The molecule has 4 rings (SSSR count). The van der Waals surface area contributed by atoms with E-state index in [1.807, 2.05) is 0 Å². The summed E-state index contributed by atoms with van der Waals surface area (Å²) in [5, 5.41) is 3.55. The molecule has 0 saturated heterocycles. The van der Waals surface area contributed by atoms with Gasteiger partial charge in [0.25, 0.3) is 5.91 Å². The molecule has 0 fully saturated rings. The van der Waals surface area contributed by atoms with Gasteiger partial charge >= 0.3 is 0 Å². The Balaban J connectivity index is 1.69. The maximum absolute atomic E-state index is 13.9. The molecule has 2 N–H and O–H groups in total. The number of amides is 1. The number of pyridine rings is 2. The second-order valence-corrected chi connectivity index (χ2v) is 6.20. The van der Waals surface area contributed by atoms with Crippen LogP contribution in [0.1, 0.15) is 40.5 Å². The van der Waals surface area contributed by atoms with Crippen molar-refractivity contribution in [1.29, 1.82) is 0 Å². The number of aromatic nitrogens is 2. The van der Waals surface area contributed by atoms with Crippen LogP contribution in [0.2, 0.25) is 0 Å². The second-order valence-electron chi connectivity index (χ2n) is 6.20. The third-order valence-corrected chi connectivity index (χ3v) is 4.55. The molecule has 1 unspecified atom stereocenters. The molecule has 0 radical (unpaired) electrons. The predicted molar refractivity (Wildman–Crippen MR) is 91.9 cm³/mol. The minimum absolute atomic E-state index is 0.147. The van der Waals surface area contributed by atoms with Gasteiger partial charge in [0, 0.05) is 23.3 Å². The molecule has 1 atom stereocenters. The van der Waals surface area contributed by atoms with Gasteiger partial charge in [-0.2, -0.15) is 0 Å². The molecular formula is C19H16FN3O2. The van der Waals surface area contributed by atoms with E-state index in [1.54, 1.807) is 24.4 Å². The summed E-state index contributed by atoms with van der Waals surface area (Å²) in [6.45, 7) is 0. The highest BCUT2D eigenvalue weighted by atomic mass is 19.1. The van der Waals surface area contributed by atoms with E-state index >= 15 is 0 Å². The number of rotatable bonds is 2. The lowest BCUT2D eigenvalue weighted by atomic mass is 9.91. The molecule has 1 aliphatic rings. The number of aryl methyl sites for hydroxylation is 1. The summed E-state index contributed by atoms with van der Waals surface area (Å²) in [4.78, 5) is 31.3. The van der Waals surface area contributed by atoms with Crippen molar-refractivity contribution in [2.45, 2.75) is 25.3 Å². The number of nitrogens with one attached hydrogen (secondary N) is 2. The first kappa shape index (κ1) is 15.5. The highest BCUT2D eigenvalue weighted by Gasteiger charge is 2.24. The summed E-state index contributed by atoms with van der Waals surface area (Å²) < 4.78 is 13.9. The van der Waals surface area contributed by atoms with Crippen molar-refractivity contribution in [3.05, 3.63) is 75.6 Å². The molecule has 5 nitrogen and oxygen atoms in total. The van der Waals surface area contributed by atoms with E-state index in [-0.39, 0.29) is 23.1 Å². The van der Waals surface area contributed by atoms with Crippen molar-refractivity contribution in [3.63, 3.8) is 0 Å². The van der Waals surface area contributed by atoms with E-state index in [1.165, 1.54) is 18.2 Å². The monoisotopic (exact) mass is 337 g/mol. The van der Waals surface area contributed by atoms with Gasteiger partial charge in [-0.3, -0.25) is 14.6 Å². The SMILES string of the molecule is O=C(NC1CCCc2[nH]c(=O)ccc21)c1cc(F)cc2cccnc12. The van der Waals surface area contributed by atoms with Gasteiger partial charge < -0.3 is 10.3 Å². The average Bonchev–Trinajstić information content (AvgIpc) is 2.60. The van der Waals surface area contributed by atoms with Gasteiger partial charge in [-0.05, 0) is 49.1 Å². The van der Waals surface area contributed by atoms with E-state index in [0.29, 0.717) is 10.9 Å². The lowest BCUT2D eigenvalue weighted by Crippen LogP contribution is -2.32. The Bertz CT molecular complexity index is 1030. The number of aromatic amines is 1. The number of hydrogen-bond acceptors (Lipinski definition) is 3. The lowest BCUT2D eigenvalue weighted by molar-refractivity contribution is 0.0933. The third kappa shape index (κ3) is 2.91. The van der Waals surface area contributed by atoms with Crippen molar-refractivity contribution in [2.75, 3.05) is 0 Å². The van der Waals surface area contributed by atoms with Crippen LogP contribution in [0, 0.1) is 5.82 Å². The minimum atomic E-state index is -0.473. The Kier molecular flexibility index (Phi) is 3.80. The number of fused-ring (bicyclic) bond motifs is 2. The van der Waals surface area contributed by atoms with Gasteiger partial charge in [-0.1, -0.05) is 6.07 Å². The number of hydrogen-bond donors (Lipinski definition) is 2. The first-order valence-electron chi connectivity index (χ1n) is 8.19. The molecule has 0 aliphatic heterocycles. The number of H-pyrrole nitrogens is 1. The van der Waals surface area contributed by atoms with Crippen LogP contribution in [-0.2, 0) is 6.42 Å². The maximum Gasteiger partial charge on any atom is 0.254 e. The van der Waals surface area contributed by atoms with Crippen LogP contribution >= 0.6 is 0 Å². The summed E-state index contributed by atoms with van der Waals surface area (Å²) in [5.74, 6) is -0.841. The lowest BCUT2D eigenvalue weighted by Gasteiger charge is -2.26.